The number of hydrogen-bond acceptors (Lipinski definition) is 4. The van der Waals surface area contributed by atoms with Gasteiger partial charge in [-0.3, -0.25) is 4.79 Å². The van der Waals surface area contributed by atoms with Crippen molar-refractivity contribution in [1.29, 1.82) is 0 Å². The van der Waals surface area contributed by atoms with Gasteiger partial charge in [-0.05, 0) is 31.5 Å². The maximum Gasteiger partial charge on any atom is 0.338 e. The second-order valence-corrected chi connectivity index (χ2v) is 3.80. The van der Waals surface area contributed by atoms with Crippen molar-refractivity contribution in [3.05, 3.63) is 34.9 Å². The summed E-state index contributed by atoms with van der Waals surface area (Å²) in [7, 11) is 1.33. The summed E-state index contributed by atoms with van der Waals surface area (Å²) in [6.07, 6.45) is 0.0370. The SMILES string of the molecule is CCOC(=O)CC#Cc1ccc(C)c(C(=O)OC)c1. The second kappa shape index (κ2) is 7.22. The van der Waals surface area contributed by atoms with Gasteiger partial charge in [0.1, 0.15) is 6.42 Å². The largest absolute Gasteiger partial charge is 0.465 e. The predicted octanol–water partition coefficient (Wildman–Crippen LogP) is 2.09. The fourth-order valence-electron chi connectivity index (χ4n) is 1.46. The van der Waals surface area contributed by atoms with Crippen LogP contribution in [0.3, 0.4) is 0 Å². The Balaban J connectivity index is 2.83. The molecule has 0 amide bonds. The van der Waals surface area contributed by atoms with Crippen LogP contribution < -0.4 is 0 Å². The number of rotatable bonds is 3. The van der Waals surface area contributed by atoms with Crippen LogP contribution in [-0.2, 0) is 14.3 Å². The summed E-state index contributed by atoms with van der Waals surface area (Å²) in [4.78, 5) is 22.6. The third-order valence-electron chi connectivity index (χ3n) is 2.41. The molecule has 1 aromatic rings. The zero-order chi connectivity index (χ0) is 14.3. The Morgan fingerprint density at radius 3 is 2.68 bits per heavy atom. The summed E-state index contributed by atoms with van der Waals surface area (Å²) in [5.41, 5.74) is 1.96. The Kier molecular flexibility index (Phi) is 5.62. The van der Waals surface area contributed by atoms with Crippen molar-refractivity contribution in [2.75, 3.05) is 13.7 Å². The first-order valence-corrected chi connectivity index (χ1v) is 5.92. The molecule has 0 aliphatic rings. The lowest BCUT2D eigenvalue weighted by Crippen LogP contribution is -2.04. The molecule has 0 aliphatic carbocycles. The van der Waals surface area contributed by atoms with Gasteiger partial charge in [0.25, 0.3) is 0 Å². The highest BCUT2D eigenvalue weighted by molar-refractivity contribution is 5.91. The molecule has 0 heterocycles. The molecule has 0 saturated heterocycles. The summed E-state index contributed by atoms with van der Waals surface area (Å²) in [6.45, 7) is 3.91. The van der Waals surface area contributed by atoms with Crippen LogP contribution in [0.15, 0.2) is 18.2 Å². The summed E-state index contributed by atoms with van der Waals surface area (Å²) >= 11 is 0. The lowest BCUT2D eigenvalue weighted by atomic mass is 10.1. The molecule has 0 saturated carbocycles. The first kappa shape index (κ1) is 14.8. The Hall–Kier alpha value is -2.28. The van der Waals surface area contributed by atoms with E-state index < -0.39 is 5.97 Å². The van der Waals surface area contributed by atoms with Crippen LogP contribution in [0.25, 0.3) is 0 Å². The maximum absolute atomic E-state index is 11.5. The van der Waals surface area contributed by atoms with E-state index in [1.54, 1.807) is 25.1 Å². The van der Waals surface area contributed by atoms with Crippen molar-refractivity contribution in [2.45, 2.75) is 20.3 Å². The van der Waals surface area contributed by atoms with Gasteiger partial charge in [0.15, 0.2) is 0 Å². The number of esters is 2. The highest BCUT2D eigenvalue weighted by Crippen LogP contribution is 2.11. The quantitative estimate of drug-likeness (QED) is 0.617. The molecule has 0 aromatic heterocycles. The first-order valence-electron chi connectivity index (χ1n) is 5.92. The molecule has 0 atom stereocenters. The number of hydrogen-bond donors (Lipinski definition) is 0. The molecule has 1 aromatic carbocycles. The monoisotopic (exact) mass is 260 g/mol. The van der Waals surface area contributed by atoms with Gasteiger partial charge in [-0.25, -0.2) is 4.79 Å². The van der Waals surface area contributed by atoms with Gasteiger partial charge < -0.3 is 9.47 Å². The molecule has 0 fully saturated rings. The molecule has 0 N–H and O–H groups in total. The average Bonchev–Trinajstić information content (AvgIpc) is 2.40. The van der Waals surface area contributed by atoms with E-state index >= 15 is 0 Å². The van der Waals surface area contributed by atoms with E-state index in [9.17, 15) is 9.59 Å². The lowest BCUT2D eigenvalue weighted by molar-refractivity contribution is -0.141. The minimum Gasteiger partial charge on any atom is -0.465 e. The molecular weight excluding hydrogens is 244 g/mol. The van der Waals surface area contributed by atoms with Crippen molar-refractivity contribution in [3.63, 3.8) is 0 Å². The molecular formula is C15H16O4. The zero-order valence-corrected chi connectivity index (χ0v) is 11.3. The van der Waals surface area contributed by atoms with Crippen molar-refractivity contribution in [3.8, 4) is 11.8 Å². The first-order chi connectivity index (χ1) is 9.08. The van der Waals surface area contributed by atoms with Gasteiger partial charge in [-0.1, -0.05) is 17.9 Å². The van der Waals surface area contributed by atoms with Crippen LogP contribution in [0.4, 0.5) is 0 Å². The van der Waals surface area contributed by atoms with Gasteiger partial charge in [-0.2, -0.15) is 0 Å². The smallest absolute Gasteiger partial charge is 0.338 e. The van der Waals surface area contributed by atoms with E-state index in [2.05, 4.69) is 16.6 Å². The molecule has 0 bridgehead atoms. The summed E-state index contributed by atoms with van der Waals surface area (Å²) < 4.78 is 9.45. The van der Waals surface area contributed by atoms with E-state index in [0.717, 1.165) is 5.56 Å². The third kappa shape index (κ3) is 4.47. The van der Waals surface area contributed by atoms with Crippen molar-refractivity contribution in [1.82, 2.24) is 0 Å². The second-order valence-electron chi connectivity index (χ2n) is 3.80. The van der Waals surface area contributed by atoms with E-state index in [4.69, 9.17) is 4.74 Å². The molecule has 0 spiro atoms. The van der Waals surface area contributed by atoms with E-state index in [0.29, 0.717) is 17.7 Å². The number of ether oxygens (including phenoxy) is 2. The maximum atomic E-state index is 11.5. The highest BCUT2D eigenvalue weighted by atomic mass is 16.5. The molecule has 0 aliphatic heterocycles. The number of carbonyl (C=O) groups is 2. The summed E-state index contributed by atoms with van der Waals surface area (Å²) in [6, 6.07) is 5.24. The Morgan fingerprint density at radius 1 is 1.32 bits per heavy atom. The minimum atomic E-state index is -0.397. The molecule has 0 unspecified atom stereocenters. The van der Waals surface area contributed by atoms with Crippen LogP contribution >= 0.6 is 0 Å². The predicted molar refractivity (Wildman–Crippen MR) is 70.6 cm³/mol. The normalized spacial score (nSPS) is 9.21. The van der Waals surface area contributed by atoms with Crippen molar-refractivity contribution >= 4 is 11.9 Å². The Bertz CT molecular complexity index is 535. The fraction of sp³-hybridized carbons (Fsp3) is 0.333. The molecule has 1 rings (SSSR count). The fourth-order valence-corrected chi connectivity index (χ4v) is 1.46. The van der Waals surface area contributed by atoms with Crippen LogP contribution in [0, 0.1) is 18.8 Å². The summed E-state index contributed by atoms with van der Waals surface area (Å²) in [5.74, 6) is 4.79. The lowest BCUT2D eigenvalue weighted by Gasteiger charge is -2.03. The van der Waals surface area contributed by atoms with Crippen LogP contribution in [0.5, 0.6) is 0 Å². The van der Waals surface area contributed by atoms with Crippen LogP contribution in [0.1, 0.15) is 34.8 Å². The average molecular weight is 260 g/mol. The molecule has 100 valence electrons. The Labute approximate surface area is 112 Å². The van der Waals surface area contributed by atoms with E-state index in [-0.39, 0.29) is 12.4 Å². The molecule has 19 heavy (non-hydrogen) atoms. The number of methoxy groups -OCH3 is 1. The standard InChI is InChI=1S/C15H16O4/c1-4-19-14(16)7-5-6-12-9-8-11(2)13(10-12)15(17)18-3/h8-10H,4,7H2,1-3H3. The van der Waals surface area contributed by atoms with Crippen molar-refractivity contribution in [2.24, 2.45) is 0 Å². The van der Waals surface area contributed by atoms with Gasteiger partial charge in [0.05, 0.1) is 19.3 Å². The van der Waals surface area contributed by atoms with Gasteiger partial charge in [-0.15, -0.1) is 0 Å². The molecule has 4 heteroatoms. The van der Waals surface area contributed by atoms with Gasteiger partial charge in [0, 0.05) is 5.56 Å². The zero-order valence-electron chi connectivity index (χ0n) is 11.3. The van der Waals surface area contributed by atoms with Crippen LogP contribution in [0.2, 0.25) is 0 Å². The van der Waals surface area contributed by atoms with Crippen LogP contribution in [-0.4, -0.2) is 25.7 Å². The highest BCUT2D eigenvalue weighted by Gasteiger charge is 2.08. The van der Waals surface area contributed by atoms with Gasteiger partial charge in [0.2, 0.25) is 0 Å². The molecule has 0 radical (unpaired) electrons. The topological polar surface area (TPSA) is 52.6 Å². The third-order valence-corrected chi connectivity index (χ3v) is 2.41. The van der Waals surface area contributed by atoms with Gasteiger partial charge >= 0.3 is 11.9 Å². The number of aryl methyl sites for hydroxylation is 1. The minimum absolute atomic E-state index is 0.0370. The van der Waals surface area contributed by atoms with E-state index in [1.165, 1.54) is 7.11 Å². The van der Waals surface area contributed by atoms with E-state index in [1.807, 2.05) is 6.92 Å². The Morgan fingerprint density at radius 2 is 2.05 bits per heavy atom. The molecule has 4 nitrogen and oxygen atoms in total. The number of benzene rings is 1. The number of carbonyl (C=O) groups excluding carboxylic acids is 2. The summed E-state index contributed by atoms with van der Waals surface area (Å²) in [5, 5.41) is 0. The van der Waals surface area contributed by atoms with Crippen molar-refractivity contribution < 1.29 is 19.1 Å².